The Balaban J connectivity index is 1.78. The predicted molar refractivity (Wildman–Crippen MR) is 99.3 cm³/mol. The molecule has 2 amide bonds. The highest BCUT2D eigenvalue weighted by molar-refractivity contribution is 7.80. The molecule has 2 aromatic carbocycles. The van der Waals surface area contributed by atoms with Gasteiger partial charge in [0.1, 0.15) is 11.6 Å². The van der Waals surface area contributed by atoms with E-state index in [4.69, 9.17) is 12.2 Å². The maximum atomic E-state index is 12.8. The molecule has 148 valence electrons. The maximum Gasteiger partial charge on any atom is 0.387 e. The van der Waals surface area contributed by atoms with Crippen LogP contribution in [0.5, 0.6) is 5.75 Å². The second-order valence-electron chi connectivity index (χ2n) is 5.19. The van der Waals surface area contributed by atoms with E-state index < -0.39 is 30.8 Å². The molecule has 7 nitrogen and oxygen atoms in total. The normalized spacial score (nSPS) is 10.1. The zero-order chi connectivity index (χ0) is 20.5. The third-order valence-corrected chi connectivity index (χ3v) is 3.38. The number of benzene rings is 2. The molecule has 0 aliphatic heterocycles. The zero-order valence-corrected chi connectivity index (χ0v) is 15.0. The molecule has 0 unspecified atom stereocenters. The van der Waals surface area contributed by atoms with E-state index in [1.807, 2.05) is 0 Å². The number of amides is 2. The Hall–Kier alpha value is -3.34. The van der Waals surface area contributed by atoms with E-state index in [2.05, 4.69) is 26.2 Å². The van der Waals surface area contributed by atoms with Crippen LogP contribution in [0.15, 0.2) is 48.5 Å². The Kier molecular flexibility index (Phi) is 7.57. The SMILES string of the molecule is O=C(CNC(=O)c1ccccc1OC(F)F)NNC(=S)Nc1ccc(F)cc1. The molecule has 0 saturated heterocycles. The Bertz CT molecular complexity index is 850. The molecule has 11 heteroatoms. The van der Waals surface area contributed by atoms with Crippen LogP contribution in [-0.2, 0) is 4.79 Å². The molecule has 0 bridgehead atoms. The summed E-state index contributed by atoms with van der Waals surface area (Å²) in [5, 5.41) is 5.01. The first-order valence-corrected chi connectivity index (χ1v) is 8.19. The van der Waals surface area contributed by atoms with Crippen molar-refractivity contribution in [2.24, 2.45) is 0 Å². The second kappa shape index (κ2) is 10.1. The topological polar surface area (TPSA) is 91.5 Å². The summed E-state index contributed by atoms with van der Waals surface area (Å²) in [7, 11) is 0. The number of hydrogen-bond acceptors (Lipinski definition) is 4. The summed E-state index contributed by atoms with van der Waals surface area (Å²) in [5.74, 6) is -2.13. The van der Waals surface area contributed by atoms with Gasteiger partial charge < -0.3 is 15.4 Å². The number of carbonyl (C=O) groups excluding carboxylic acids is 2. The zero-order valence-electron chi connectivity index (χ0n) is 14.2. The molecule has 0 spiro atoms. The summed E-state index contributed by atoms with van der Waals surface area (Å²) < 4.78 is 41.8. The first-order valence-electron chi connectivity index (χ1n) is 7.78. The van der Waals surface area contributed by atoms with E-state index in [0.717, 1.165) is 0 Å². The quantitative estimate of drug-likeness (QED) is 0.430. The highest BCUT2D eigenvalue weighted by Crippen LogP contribution is 2.19. The lowest BCUT2D eigenvalue weighted by Gasteiger charge is -2.13. The number of alkyl halides is 2. The molecule has 0 aliphatic rings. The highest BCUT2D eigenvalue weighted by Gasteiger charge is 2.16. The highest BCUT2D eigenvalue weighted by atomic mass is 32.1. The molecule has 0 saturated carbocycles. The number of hydrazine groups is 1. The van der Waals surface area contributed by atoms with Gasteiger partial charge in [-0.25, -0.2) is 4.39 Å². The van der Waals surface area contributed by atoms with Crippen LogP contribution in [0.25, 0.3) is 0 Å². The molecule has 2 aromatic rings. The summed E-state index contributed by atoms with van der Waals surface area (Å²) >= 11 is 4.95. The summed E-state index contributed by atoms with van der Waals surface area (Å²) in [6.07, 6.45) is 0. The minimum atomic E-state index is -3.09. The van der Waals surface area contributed by atoms with Crippen LogP contribution in [0.2, 0.25) is 0 Å². The van der Waals surface area contributed by atoms with Gasteiger partial charge in [-0.05, 0) is 48.6 Å². The lowest BCUT2D eigenvalue weighted by atomic mass is 10.2. The van der Waals surface area contributed by atoms with Gasteiger partial charge in [0.15, 0.2) is 5.11 Å². The fourth-order valence-electron chi connectivity index (χ4n) is 1.97. The molecule has 0 heterocycles. The number of nitrogens with one attached hydrogen (secondary N) is 4. The largest absolute Gasteiger partial charge is 0.434 e. The van der Waals surface area contributed by atoms with Gasteiger partial charge in [0.25, 0.3) is 11.8 Å². The van der Waals surface area contributed by atoms with Gasteiger partial charge in [0.2, 0.25) is 0 Å². The predicted octanol–water partition coefficient (Wildman–Crippen LogP) is 2.17. The average Bonchev–Trinajstić information content (AvgIpc) is 2.66. The van der Waals surface area contributed by atoms with E-state index in [-0.39, 0.29) is 16.4 Å². The van der Waals surface area contributed by atoms with E-state index in [0.29, 0.717) is 5.69 Å². The number of anilines is 1. The first-order chi connectivity index (χ1) is 13.3. The monoisotopic (exact) mass is 412 g/mol. The maximum absolute atomic E-state index is 12.8. The minimum absolute atomic E-state index is 0.0296. The molecule has 0 radical (unpaired) electrons. The number of carbonyl (C=O) groups is 2. The number of thiocarbonyl (C=S) groups is 1. The molecular weight excluding hydrogens is 397 g/mol. The van der Waals surface area contributed by atoms with E-state index in [1.54, 1.807) is 0 Å². The standard InChI is InChI=1S/C17H15F3N4O3S/c18-10-5-7-11(8-6-10)22-17(28)24-23-14(25)9-21-15(26)12-3-1-2-4-13(12)27-16(19)20/h1-8,16H,9H2,(H,21,26)(H,23,25)(H2,22,24,28). The van der Waals surface area contributed by atoms with Gasteiger partial charge >= 0.3 is 6.61 Å². The van der Waals surface area contributed by atoms with Crippen molar-refractivity contribution in [3.8, 4) is 5.75 Å². The molecular formula is C17H15F3N4O3S. The Labute approximate surface area is 163 Å². The van der Waals surface area contributed by atoms with Crippen molar-refractivity contribution in [2.45, 2.75) is 6.61 Å². The number of ether oxygens (including phenoxy) is 1. The van der Waals surface area contributed by atoms with Crippen molar-refractivity contribution in [1.29, 1.82) is 0 Å². The van der Waals surface area contributed by atoms with Crippen LogP contribution in [-0.4, -0.2) is 30.1 Å². The van der Waals surface area contributed by atoms with Crippen LogP contribution in [0.1, 0.15) is 10.4 Å². The third kappa shape index (κ3) is 6.76. The number of hydrogen-bond donors (Lipinski definition) is 4. The Morgan fingerprint density at radius 3 is 2.39 bits per heavy atom. The third-order valence-electron chi connectivity index (χ3n) is 3.17. The minimum Gasteiger partial charge on any atom is -0.434 e. The Morgan fingerprint density at radius 1 is 1.04 bits per heavy atom. The van der Waals surface area contributed by atoms with Crippen molar-refractivity contribution in [3.63, 3.8) is 0 Å². The summed E-state index contributed by atoms with van der Waals surface area (Å²) in [6, 6.07) is 10.7. The lowest BCUT2D eigenvalue weighted by Crippen LogP contribution is -2.47. The van der Waals surface area contributed by atoms with Crippen molar-refractivity contribution in [1.82, 2.24) is 16.2 Å². The number of halogens is 3. The smallest absolute Gasteiger partial charge is 0.387 e. The number of rotatable bonds is 6. The molecule has 0 aromatic heterocycles. The molecule has 4 N–H and O–H groups in total. The summed E-state index contributed by atoms with van der Waals surface area (Å²) in [6.45, 7) is -3.54. The van der Waals surface area contributed by atoms with E-state index in [9.17, 15) is 22.8 Å². The molecule has 0 fully saturated rings. The van der Waals surface area contributed by atoms with Gasteiger partial charge in [0.05, 0.1) is 12.1 Å². The first kappa shape index (κ1) is 21.0. The average molecular weight is 412 g/mol. The summed E-state index contributed by atoms with van der Waals surface area (Å²) in [4.78, 5) is 23.8. The van der Waals surface area contributed by atoms with E-state index >= 15 is 0 Å². The second-order valence-corrected chi connectivity index (χ2v) is 5.60. The fraction of sp³-hybridized carbons (Fsp3) is 0.118. The number of para-hydroxylation sites is 1. The lowest BCUT2D eigenvalue weighted by molar-refractivity contribution is -0.120. The van der Waals surface area contributed by atoms with Crippen LogP contribution in [0, 0.1) is 5.82 Å². The molecule has 0 atom stereocenters. The van der Waals surface area contributed by atoms with Crippen molar-refractivity contribution in [2.75, 3.05) is 11.9 Å². The van der Waals surface area contributed by atoms with Crippen molar-refractivity contribution < 1.29 is 27.5 Å². The van der Waals surface area contributed by atoms with Gasteiger partial charge in [-0.2, -0.15) is 8.78 Å². The van der Waals surface area contributed by atoms with Gasteiger partial charge in [-0.3, -0.25) is 20.4 Å². The van der Waals surface area contributed by atoms with Crippen LogP contribution >= 0.6 is 12.2 Å². The van der Waals surface area contributed by atoms with Gasteiger partial charge in [0, 0.05) is 5.69 Å². The van der Waals surface area contributed by atoms with Crippen LogP contribution in [0.3, 0.4) is 0 Å². The van der Waals surface area contributed by atoms with Gasteiger partial charge in [-0.1, -0.05) is 12.1 Å². The van der Waals surface area contributed by atoms with Crippen molar-refractivity contribution >= 4 is 34.8 Å². The molecule has 28 heavy (non-hydrogen) atoms. The fourth-order valence-corrected chi connectivity index (χ4v) is 2.14. The van der Waals surface area contributed by atoms with E-state index in [1.165, 1.54) is 48.5 Å². The Morgan fingerprint density at radius 2 is 1.71 bits per heavy atom. The van der Waals surface area contributed by atoms with Crippen LogP contribution < -0.4 is 26.2 Å². The molecule has 0 aliphatic carbocycles. The van der Waals surface area contributed by atoms with Gasteiger partial charge in [-0.15, -0.1) is 0 Å². The molecule has 2 rings (SSSR count). The van der Waals surface area contributed by atoms with Crippen molar-refractivity contribution in [3.05, 3.63) is 59.9 Å². The van der Waals surface area contributed by atoms with Crippen LogP contribution in [0.4, 0.5) is 18.9 Å². The summed E-state index contributed by atoms with van der Waals surface area (Å²) in [5.41, 5.74) is 4.99.